The number of halogens is 1. The van der Waals surface area contributed by atoms with E-state index in [4.69, 9.17) is 0 Å². The van der Waals surface area contributed by atoms with E-state index in [1.165, 1.54) is 64.7 Å². The lowest BCUT2D eigenvalue weighted by molar-refractivity contribution is 0.139. The molecule has 1 saturated carbocycles. The zero-order valence-electron chi connectivity index (χ0n) is 12.2. The van der Waals surface area contributed by atoms with E-state index >= 15 is 0 Å². The van der Waals surface area contributed by atoms with Crippen LogP contribution < -0.4 is 5.32 Å². The van der Waals surface area contributed by atoms with Crippen molar-refractivity contribution in [1.82, 2.24) is 10.2 Å². The Morgan fingerprint density at radius 1 is 1.11 bits per heavy atom. The maximum atomic E-state index is 3.56. The predicted molar refractivity (Wildman–Crippen MR) is 81.5 cm³/mol. The second-order valence-electron chi connectivity index (χ2n) is 6.50. The molecule has 18 heavy (non-hydrogen) atoms. The van der Waals surface area contributed by atoms with E-state index in [-0.39, 0.29) is 12.4 Å². The van der Waals surface area contributed by atoms with Crippen LogP contribution in [0.15, 0.2) is 0 Å². The van der Waals surface area contributed by atoms with E-state index in [1.54, 1.807) is 0 Å². The van der Waals surface area contributed by atoms with Gasteiger partial charge >= 0.3 is 0 Å². The Labute approximate surface area is 119 Å². The van der Waals surface area contributed by atoms with Crippen LogP contribution in [0, 0.1) is 11.8 Å². The van der Waals surface area contributed by atoms with Gasteiger partial charge in [0, 0.05) is 19.1 Å². The van der Waals surface area contributed by atoms with Gasteiger partial charge < -0.3 is 5.32 Å². The minimum Gasteiger partial charge on any atom is -0.316 e. The van der Waals surface area contributed by atoms with Crippen molar-refractivity contribution in [3.8, 4) is 0 Å². The van der Waals surface area contributed by atoms with Crippen molar-refractivity contribution in [1.29, 1.82) is 0 Å². The summed E-state index contributed by atoms with van der Waals surface area (Å²) in [4.78, 5) is 2.81. The van der Waals surface area contributed by atoms with Crippen molar-refractivity contribution >= 4 is 12.4 Å². The van der Waals surface area contributed by atoms with Gasteiger partial charge in [-0.05, 0) is 50.6 Å². The van der Waals surface area contributed by atoms with Crippen LogP contribution in [0.3, 0.4) is 0 Å². The van der Waals surface area contributed by atoms with E-state index in [0.29, 0.717) is 0 Å². The van der Waals surface area contributed by atoms with Gasteiger partial charge in [0.05, 0.1) is 0 Å². The Bertz CT molecular complexity index is 209. The molecule has 1 N–H and O–H groups in total. The van der Waals surface area contributed by atoms with Crippen molar-refractivity contribution in [2.24, 2.45) is 11.8 Å². The van der Waals surface area contributed by atoms with E-state index in [9.17, 15) is 0 Å². The Morgan fingerprint density at radius 2 is 1.83 bits per heavy atom. The number of piperidine rings is 1. The lowest BCUT2D eigenvalue weighted by atomic mass is 9.97. The molecular formula is C15H31ClN2. The predicted octanol–water partition coefficient (Wildman–Crippen LogP) is 3.31. The monoisotopic (exact) mass is 274 g/mol. The summed E-state index contributed by atoms with van der Waals surface area (Å²) in [6, 6.07) is 0.902. The molecule has 0 aromatic heterocycles. The summed E-state index contributed by atoms with van der Waals surface area (Å²) in [5.74, 6) is 1.72. The van der Waals surface area contributed by atoms with Crippen LogP contribution in [-0.2, 0) is 0 Å². The first-order valence-electron chi connectivity index (χ1n) is 7.70. The van der Waals surface area contributed by atoms with Crippen LogP contribution in [0.25, 0.3) is 0 Å². The minimum atomic E-state index is 0. The van der Waals surface area contributed by atoms with Crippen LogP contribution in [0.2, 0.25) is 0 Å². The molecule has 0 radical (unpaired) electrons. The Kier molecular flexibility index (Phi) is 7.59. The first-order chi connectivity index (χ1) is 8.25. The third-order valence-electron chi connectivity index (χ3n) is 4.33. The number of nitrogens with zero attached hydrogens (tertiary/aromatic N) is 1. The lowest BCUT2D eigenvalue weighted by Gasteiger charge is -2.35. The molecule has 2 fully saturated rings. The van der Waals surface area contributed by atoms with E-state index < -0.39 is 0 Å². The summed E-state index contributed by atoms with van der Waals surface area (Å²) in [5.41, 5.74) is 0. The number of rotatable bonds is 5. The third-order valence-corrected chi connectivity index (χ3v) is 4.33. The third kappa shape index (κ3) is 5.07. The molecular weight excluding hydrogens is 244 g/mol. The summed E-state index contributed by atoms with van der Waals surface area (Å²) in [6.45, 7) is 9.87. The van der Waals surface area contributed by atoms with E-state index in [2.05, 4.69) is 24.1 Å². The molecule has 2 rings (SSSR count). The highest BCUT2D eigenvalue weighted by molar-refractivity contribution is 5.85. The van der Waals surface area contributed by atoms with Gasteiger partial charge in [-0.25, -0.2) is 0 Å². The maximum absolute atomic E-state index is 3.56. The summed E-state index contributed by atoms with van der Waals surface area (Å²) in [5, 5.41) is 3.56. The Balaban J connectivity index is 0.00000162. The van der Waals surface area contributed by atoms with Crippen LogP contribution in [0.5, 0.6) is 0 Å². The molecule has 3 heteroatoms. The zero-order valence-corrected chi connectivity index (χ0v) is 13.0. The normalized spacial score (nSPS) is 25.7. The lowest BCUT2D eigenvalue weighted by Crippen LogP contribution is -2.43. The van der Waals surface area contributed by atoms with Gasteiger partial charge in [0.2, 0.25) is 0 Å². The quantitative estimate of drug-likeness (QED) is 0.828. The highest BCUT2D eigenvalue weighted by Crippen LogP contribution is 2.26. The summed E-state index contributed by atoms with van der Waals surface area (Å²) < 4.78 is 0. The molecule has 2 aliphatic rings. The molecule has 1 unspecified atom stereocenters. The second-order valence-corrected chi connectivity index (χ2v) is 6.50. The standard InChI is InChI=1S/C15H30N2.ClH/c1-13(2)11-17(15-7-3-4-8-15)12-14-6-5-9-16-10-14;/h13-16H,3-12H2,1-2H3;1H. The average molecular weight is 275 g/mol. The van der Waals surface area contributed by atoms with Crippen LogP contribution >= 0.6 is 12.4 Å². The van der Waals surface area contributed by atoms with Gasteiger partial charge in [-0.1, -0.05) is 26.7 Å². The molecule has 0 bridgehead atoms. The first-order valence-corrected chi connectivity index (χ1v) is 7.70. The minimum absolute atomic E-state index is 0. The fraction of sp³-hybridized carbons (Fsp3) is 1.00. The zero-order chi connectivity index (χ0) is 12.1. The molecule has 0 amide bonds. The van der Waals surface area contributed by atoms with Crippen molar-refractivity contribution < 1.29 is 0 Å². The van der Waals surface area contributed by atoms with Gasteiger partial charge in [0.1, 0.15) is 0 Å². The highest BCUT2D eigenvalue weighted by Gasteiger charge is 2.25. The maximum Gasteiger partial charge on any atom is 0.00954 e. The topological polar surface area (TPSA) is 15.3 Å². The van der Waals surface area contributed by atoms with Gasteiger partial charge in [-0.2, -0.15) is 0 Å². The second kappa shape index (κ2) is 8.39. The van der Waals surface area contributed by atoms with Crippen LogP contribution in [-0.4, -0.2) is 37.1 Å². The highest BCUT2D eigenvalue weighted by atomic mass is 35.5. The number of hydrogen-bond donors (Lipinski definition) is 1. The van der Waals surface area contributed by atoms with Gasteiger partial charge in [-0.3, -0.25) is 4.90 Å². The van der Waals surface area contributed by atoms with E-state index in [0.717, 1.165) is 17.9 Å². The van der Waals surface area contributed by atoms with Crippen LogP contribution in [0.1, 0.15) is 52.4 Å². The first kappa shape index (κ1) is 16.3. The van der Waals surface area contributed by atoms with Crippen molar-refractivity contribution in [3.05, 3.63) is 0 Å². The molecule has 1 atom stereocenters. The molecule has 1 aliphatic heterocycles. The molecule has 0 spiro atoms. The largest absolute Gasteiger partial charge is 0.316 e. The van der Waals surface area contributed by atoms with E-state index in [1.807, 2.05) is 0 Å². The molecule has 0 aromatic rings. The molecule has 108 valence electrons. The van der Waals surface area contributed by atoms with Gasteiger partial charge in [0.15, 0.2) is 0 Å². The average Bonchev–Trinajstić information content (AvgIpc) is 2.82. The number of nitrogens with one attached hydrogen (secondary N) is 1. The van der Waals surface area contributed by atoms with Gasteiger partial charge in [-0.15, -0.1) is 12.4 Å². The fourth-order valence-electron chi connectivity index (χ4n) is 3.52. The summed E-state index contributed by atoms with van der Waals surface area (Å²) in [6.07, 6.45) is 8.64. The molecule has 1 heterocycles. The molecule has 1 aliphatic carbocycles. The molecule has 2 nitrogen and oxygen atoms in total. The smallest absolute Gasteiger partial charge is 0.00954 e. The fourth-order valence-corrected chi connectivity index (χ4v) is 3.52. The van der Waals surface area contributed by atoms with Crippen molar-refractivity contribution in [2.45, 2.75) is 58.4 Å². The Hall–Kier alpha value is 0.210. The van der Waals surface area contributed by atoms with Gasteiger partial charge in [0.25, 0.3) is 0 Å². The SMILES string of the molecule is CC(C)CN(CC1CCCNC1)C1CCCC1.Cl. The summed E-state index contributed by atoms with van der Waals surface area (Å²) >= 11 is 0. The molecule has 1 saturated heterocycles. The number of hydrogen-bond acceptors (Lipinski definition) is 2. The van der Waals surface area contributed by atoms with Crippen molar-refractivity contribution in [3.63, 3.8) is 0 Å². The van der Waals surface area contributed by atoms with Crippen LogP contribution in [0.4, 0.5) is 0 Å². The Morgan fingerprint density at radius 3 is 2.39 bits per heavy atom. The van der Waals surface area contributed by atoms with Crippen molar-refractivity contribution in [2.75, 3.05) is 26.2 Å². The summed E-state index contributed by atoms with van der Waals surface area (Å²) in [7, 11) is 0. The molecule has 0 aromatic carbocycles.